The second-order valence-electron chi connectivity index (χ2n) is 6.50. The van der Waals surface area contributed by atoms with E-state index in [0.717, 1.165) is 11.1 Å². The molecule has 3 rings (SSSR count). The smallest absolute Gasteiger partial charge is 0.160 e. The monoisotopic (exact) mass is 360 g/mol. The van der Waals surface area contributed by atoms with E-state index in [1.165, 1.54) is 14.2 Å². The van der Waals surface area contributed by atoms with Gasteiger partial charge in [-0.1, -0.05) is 12.1 Å². The van der Waals surface area contributed by atoms with Crippen molar-refractivity contribution in [3.05, 3.63) is 47.5 Å². The molecule has 0 radical (unpaired) electrons. The van der Waals surface area contributed by atoms with Gasteiger partial charge in [-0.15, -0.1) is 0 Å². The highest BCUT2D eigenvalue weighted by atomic mass is 16.5. The van der Waals surface area contributed by atoms with Crippen LogP contribution in [0.1, 0.15) is 23.7 Å². The summed E-state index contributed by atoms with van der Waals surface area (Å²) in [6.45, 7) is 0.0171. The van der Waals surface area contributed by atoms with Gasteiger partial charge in [0.2, 0.25) is 0 Å². The zero-order valence-corrected chi connectivity index (χ0v) is 14.9. The molecule has 0 bridgehead atoms. The fraction of sp³-hybridized carbons (Fsp3) is 0.400. The maximum Gasteiger partial charge on any atom is 0.160 e. The molecule has 1 saturated heterocycles. The van der Waals surface area contributed by atoms with Crippen molar-refractivity contribution in [2.45, 2.75) is 25.0 Å². The summed E-state index contributed by atoms with van der Waals surface area (Å²) < 4.78 is 16.5. The lowest BCUT2D eigenvalue weighted by Gasteiger charge is -2.18. The molecule has 0 spiro atoms. The number of phenolic OH excluding ortho intramolecular Hbond substituents is 2. The van der Waals surface area contributed by atoms with Crippen LogP contribution < -0.4 is 9.47 Å². The second kappa shape index (κ2) is 7.85. The van der Waals surface area contributed by atoms with E-state index in [4.69, 9.17) is 14.2 Å². The molecular weight excluding hydrogens is 336 g/mol. The molecule has 6 heteroatoms. The normalized spacial score (nSPS) is 22.3. The Morgan fingerprint density at radius 1 is 1.00 bits per heavy atom. The Hall–Kier alpha value is -2.44. The highest BCUT2D eigenvalue weighted by molar-refractivity contribution is 5.43. The number of phenols is 2. The summed E-state index contributed by atoms with van der Waals surface area (Å²) in [6, 6.07) is 10.3. The SMILES string of the molecule is COc1cc(C[C@@H]2C[C@H](CO)C(c3ccc(O)c(OC)c3)O2)ccc1O. The largest absolute Gasteiger partial charge is 0.504 e. The van der Waals surface area contributed by atoms with Crippen molar-refractivity contribution in [1.29, 1.82) is 0 Å². The van der Waals surface area contributed by atoms with Crippen LogP contribution >= 0.6 is 0 Å². The number of aliphatic hydroxyl groups is 1. The van der Waals surface area contributed by atoms with Crippen LogP contribution in [0.4, 0.5) is 0 Å². The quantitative estimate of drug-likeness (QED) is 0.734. The van der Waals surface area contributed by atoms with Crippen LogP contribution in [0.25, 0.3) is 0 Å². The number of hydrogen-bond acceptors (Lipinski definition) is 6. The number of methoxy groups -OCH3 is 2. The molecule has 2 aromatic carbocycles. The molecule has 140 valence electrons. The van der Waals surface area contributed by atoms with Crippen molar-refractivity contribution in [3.63, 3.8) is 0 Å². The summed E-state index contributed by atoms with van der Waals surface area (Å²) in [5.41, 5.74) is 1.86. The molecule has 26 heavy (non-hydrogen) atoms. The second-order valence-corrected chi connectivity index (χ2v) is 6.50. The Morgan fingerprint density at radius 2 is 1.65 bits per heavy atom. The Kier molecular flexibility index (Phi) is 5.54. The van der Waals surface area contributed by atoms with Gasteiger partial charge in [0.25, 0.3) is 0 Å². The van der Waals surface area contributed by atoms with Crippen molar-refractivity contribution in [2.24, 2.45) is 5.92 Å². The summed E-state index contributed by atoms with van der Waals surface area (Å²) >= 11 is 0. The van der Waals surface area contributed by atoms with Gasteiger partial charge in [-0.3, -0.25) is 0 Å². The van der Waals surface area contributed by atoms with Crippen LogP contribution in [0.3, 0.4) is 0 Å². The van der Waals surface area contributed by atoms with Gasteiger partial charge >= 0.3 is 0 Å². The zero-order valence-electron chi connectivity index (χ0n) is 14.9. The maximum atomic E-state index is 9.77. The Morgan fingerprint density at radius 3 is 2.31 bits per heavy atom. The fourth-order valence-corrected chi connectivity index (χ4v) is 3.47. The van der Waals surface area contributed by atoms with Gasteiger partial charge in [-0.05, 0) is 48.2 Å². The van der Waals surface area contributed by atoms with Crippen LogP contribution in [-0.4, -0.2) is 42.3 Å². The summed E-state index contributed by atoms with van der Waals surface area (Å²) in [4.78, 5) is 0. The van der Waals surface area contributed by atoms with Crippen LogP contribution in [0, 0.1) is 5.92 Å². The van der Waals surface area contributed by atoms with E-state index < -0.39 is 0 Å². The predicted octanol–water partition coefficient (Wildman–Crippen LogP) is 2.80. The topological polar surface area (TPSA) is 88.4 Å². The van der Waals surface area contributed by atoms with E-state index in [9.17, 15) is 15.3 Å². The molecule has 1 heterocycles. The van der Waals surface area contributed by atoms with E-state index in [-0.39, 0.29) is 36.2 Å². The molecular formula is C20H24O6. The lowest BCUT2D eigenvalue weighted by Crippen LogP contribution is -2.11. The fourth-order valence-electron chi connectivity index (χ4n) is 3.47. The first-order chi connectivity index (χ1) is 12.5. The number of aliphatic hydroxyl groups excluding tert-OH is 1. The molecule has 0 amide bonds. The third-order valence-corrected chi connectivity index (χ3v) is 4.81. The average molecular weight is 360 g/mol. The molecule has 2 aromatic rings. The number of benzene rings is 2. The highest BCUT2D eigenvalue weighted by Crippen LogP contribution is 2.41. The van der Waals surface area contributed by atoms with E-state index in [0.29, 0.717) is 24.3 Å². The van der Waals surface area contributed by atoms with E-state index in [1.54, 1.807) is 30.3 Å². The molecule has 0 saturated carbocycles. The van der Waals surface area contributed by atoms with Crippen LogP contribution in [0.5, 0.6) is 23.0 Å². The molecule has 6 nitrogen and oxygen atoms in total. The van der Waals surface area contributed by atoms with Crippen molar-refractivity contribution < 1.29 is 29.5 Å². The molecule has 1 aliphatic heterocycles. The third-order valence-electron chi connectivity index (χ3n) is 4.81. The van der Waals surface area contributed by atoms with Crippen molar-refractivity contribution in [1.82, 2.24) is 0 Å². The van der Waals surface area contributed by atoms with Gasteiger partial charge in [0.15, 0.2) is 23.0 Å². The first-order valence-electron chi connectivity index (χ1n) is 8.54. The minimum absolute atomic E-state index is 0.0171. The average Bonchev–Trinajstić information content (AvgIpc) is 3.06. The lowest BCUT2D eigenvalue weighted by atomic mass is 9.93. The molecule has 1 fully saturated rings. The van der Waals surface area contributed by atoms with E-state index in [1.807, 2.05) is 6.07 Å². The number of hydrogen-bond donors (Lipinski definition) is 3. The maximum absolute atomic E-state index is 9.77. The first-order valence-corrected chi connectivity index (χ1v) is 8.54. The van der Waals surface area contributed by atoms with Crippen molar-refractivity contribution in [2.75, 3.05) is 20.8 Å². The molecule has 3 atom stereocenters. The van der Waals surface area contributed by atoms with Gasteiger partial charge < -0.3 is 29.5 Å². The van der Waals surface area contributed by atoms with Gasteiger partial charge in [0.05, 0.1) is 26.4 Å². The Bertz CT molecular complexity index is 760. The molecule has 0 aliphatic carbocycles. The summed E-state index contributed by atoms with van der Waals surface area (Å²) in [5.74, 6) is 0.954. The lowest BCUT2D eigenvalue weighted by molar-refractivity contribution is 0.0259. The van der Waals surface area contributed by atoms with Gasteiger partial charge in [-0.25, -0.2) is 0 Å². The standard InChI is InChI=1S/C20H24O6/c1-24-18-8-12(3-5-16(18)22)7-15-9-14(11-21)20(26-15)13-4-6-17(23)19(10-13)25-2/h3-6,8,10,14-15,20-23H,7,9,11H2,1-2H3/t14-,15-,20?/m1/s1. The van der Waals surface area contributed by atoms with Gasteiger partial charge in [0.1, 0.15) is 0 Å². The number of ether oxygens (including phenoxy) is 3. The Balaban J connectivity index is 1.77. The summed E-state index contributed by atoms with van der Waals surface area (Å²) in [5, 5.41) is 29.3. The molecule has 1 unspecified atom stereocenters. The van der Waals surface area contributed by atoms with E-state index >= 15 is 0 Å². The van der Waals surface area contributed by atoms with Crippen LogP contribution in [-0.2, 0) is 11.2 Å². The van der Waals surface area contributed by atoms with E-state index in [2.05, 4.69) is 0 Å². The predicted molar refractivity (Wildman–Crippen MR) is 95.8 cm³/mol. The molecule has 1 aliphatic rings. The minimum Gasteiger partial charge on any atom is -0.504 e. The zero-order chi connectivity index (χ0) is 18.7. The van der Waals surface area contributed by atoms with Crippen LogP contribution in [0.2, 0.25) is 0 Å². The van der Waals surface area contributed by atoms with Crippen molar-refractivity contribution >= 4 is 0 Å². The first kappa shape index (κ1) is 18.4. The number of aromatic hydroxyl groups is 2. The summed E-state index contributed by atoms with van der Waals surface area (Å²) in [6.07, 6.45) is 1.04. The minimum atomic E-state index is -0.265. The highest BCUT2D eigenvalue weighted by Gasteiger charge is 2.36. The summed E-state index contributed by atoms with van der Waals surface area (Å²) in [7, 11) is 3.01. The van der Waals surface area contributed by atoms with Gasteiger partial charge in [0, 0.05) is 12.5 Å². The molecule has 3 N–H and O–H groups in total. The Labute approximate surface area is 152 Å². The number of rotatable bonds is 6. The third kappa shape index (κ3) is 3.71. The van der Waals surface area contributed by atoms with Gasteiger partial charge in [-0.2, -0.15) is 0 Å². The molecule has 0 aromatic heterocycles. The van der Waals surface area contributed by atoms with Crippen molar-refractivity contribution in [3.8, 4) is 23.0 Å². The van der Waals surface area contributed by atoms with Crippen LogP contribution in [0.15, 0.2) is 36.4 Å².